The van der Waals surface area contributed by atoms with Crippen molar-refractivity contribution in [3.8, 4) is 5.75 Å². The van der Waals surface area contributed by atoms with Gasteiger partial charge in [-0.1, -0.05) is 70.5 Å². The van der Waals surface area contributed by atoms with Gasteiger partial charge in [0, 0.05) is 10.0 Å². The lowest BCUT2D eigenvalue weighted by Crippen LogP contribution is -2.24. The highest BCUT2D eigenvalue weighted by molar-refractivity contribution is 9.10. The number of halogens is 1. The molecule has 0 bridgehead atoms. The largest absolute Gasteiger partial charge is 0.484 e. The van der Waals surface area contributed by atoms with E-state index in [4.69, 9.17) is 4.74 Å². The first-order chi connectivity index (χ1) is 13.7. The van der Waals surface area contributed by atoms with Gasteiger partial charge in [-0.3, -0.25) is 4.79 Å². The van der Waals surface area contributed by atoms with E-state index in [2.05, 4.69) is 56.8 Å². The number of hydrogen-bond acceptors (Lipinski definition) is 3. The number of hydrazone groups is 1. The van der Waals surface area contributed by atoms with Gasteiger partial charge < -0.3 is 4.74 Å². The first kappa shape index (κ1) is 18.2. The quantitative estimate of drug-likeness (QED) is 0.264. The SMILES string of the molecule is O=C(COc1cccc(Br)c1)N/N=C/c1c2ccccc2cc2ccccc12. The van der Waals surface area contributed by atoms with Crippen molar-refractivity contribution < 1.29 is 9.53 Å². The van der Waals surface area contributed by atoms with E-state index in [-0.39, 0.29) is 12.5 Å². The number of carbonyl (C=O) groups excluding carboxylic acids is 1. The molecule has 0 aliphatic rings. The molecule has 138 valence electrons. The molecule has 0 radical (unpaired) electrons. The smallest absolute Gasteiger partial charge is 0.277 e. The standard InChI is InChI=1S/C23H17BrN2O2/c24-18-8-5-9-19(13-18)28-15-23(27)26-25-14-22-20-10-3-1-6-16(20)12-17-7-2-4-11-21(17)22/h1-14H,15H2,(H,26,27)/b25-14+. The zero-order chi connectivity index (χ0) is 19.3. The van der Waals surface area contributed by atoms with Crippen LogP contribution >= 0.6 is 15.9 Å². The third-order valence-corrected chi connectivity index (χ3v) is 4.86. The van der Waals surface area contributed by atoms with Crippen molar-refractivity contribution in [3.63, 3.8) is 0 Å². The van der Waals surface area contributed by atoms with Crippen LogP contribution in [0.3, 0.4) is 0 Å². The summed E-state index contributed by atoms with van der Waals surface area (Å²) in [5.74, 6) is 0.300. The van der Waals surface area contributed by atoms with Gasteiger partial charge in [-0.2, -0.15) is 5.10 Å². The molecule has 0 heterocycles. The average Bonchev–Trinajstić information content (AvgIpc) is 2.72. The second kappa shape index (κ2) is 8.23. The predicted octanol–water partition coefficient (Wildman–Crippen LogP) is 5.28. The Bertz CT molecular complexity index is 1130. The summed E-state index contributed by atoms with van der Waals surface area (Å²) in [5.41, 5.74) is 3.51. The zero-order valence-corrected chi connectivity index (χ0v) is 16.5. The van der Waals surface area contributed by atoms with E-state index in [1.165, 1.54) is 0 Å². The molecule has 4 aromatic rings. The van der Waals surface area contributed by atoms with Crippen molar-refractivity contribution in [1.29, 1.82) is 0 Å². The third kappa shape index (κ3) is 4.05. The second-order valence-electron chi connectivity index (χ2n) is 6.27. The molecule has 0 fully saturated rings. The molecule has 5 heteroatoms. The number of amides is 1. The summed E-state index contributed by atoms with van der Waals surface area (Å²) in [4.78, 5) is 12.1. The van der Waals surface area contributed by atoms with Gasteiger partial charge in [-0.25, -0.2) is 5.43 Å². The number of ether oxygens (including phenoxy) is 1. The van der Waals surface area contributed by atoms with Crippen molar-refractivity contribution in [3.05, 3.63) is 88.9 Å². The van der Waals surface area contributed by atoms with E-state index >= 15 is 0 Å². The maximum absolute atomic E-state index is 12.1. The van der Waals surface area contributed by atoms with Gasteiger partial charge in [0.1, 0.15) is 5.75 Å². The summed E-state index contributed by atoms with van der Waals surface area (Å²) in [6.45, 7) is -0.107. The van der Waals surface area contributed by atoms with Gasteiger partial charge in [-0.15, -0.1) is 0 Å². The van der Waals surface area contributed by atoms with Crippen LogP contribution in [0.15, 0.2) is 88.4 Å². The fourth-order valence-electron chi connectivity index (χ4n) is 3.09. The molecular formula is C23H17BrN2O2. The molecule has 0 saturated heterocycles. The fraction of sp³-hybridized carbons (Fsp3) is 0.0435. The molecule has 28 heavy (non-hydrogen) atoms. The highest BCUT2D eigenvalue weighted by Gasteiger charge is 2.06. The van der Waals surface area contributed by atoms with Crippen molar-refractivity contribution in [2.45, 2.75) is 0 Å². The Morgan fingerprint density at radius 3 is 2.29 bits per heavy atom. The first-order valence-electron chi connectivity index (χ1n) is 8.81. The van der Waals surface area contributed by atoms with Gasteiger partial charge >= 0.3 is 0 Å². The summed E-state index contributed by atoms with van der Waals surface area (Å²) in [6.07, 6.45) is 1.70. The Labute approximate surface area is 171 Å². The lowest BCUT2D eigenvalue weighted by molar-refractivity contribution is -0.123. The molecule has 4 rings (SSSR count). The number of hydrogen-bond donors (Lipinski definition) is 1. The molecule has 0 aliphatic carbocycles. The summed E-state index contributed by atoms with van der Waals surface area (Å²) in [5, 5.41) is 8.60. The molecule has 4 nitrogen and oxygen atoms in total. The molecule has 0 aromatic heterocycles. The van der Waals surface area contributed by atoms with E-state index in [0.29, 0.717) is 5.75 Å². The van der Waals surface area contributed by atoms with Crippen LogP contribution in [0.2, 0.25) is 0 Å². The van der Waals surface area contributed by atoms with Crippen LogP contribution in [0.5, 0.6) is 5.75 Å². The summed E-state index contributed by atoms with van der Waals surface area (Å²) in [6, 6.07) is 25.8. The van der Waals surface area contributed by atoms with Crippen LogP contribution in [-0.2, 0) is 4.79 Å². The fourth-order valence-corrected chi connectivity index (χ4v) is 3.47. The maximum Gasteiger partial charge on any atom is 0.277 e. The number of nitrogens with one attached hydrogen (secondary N) is 1. The zero-order valence-electron chi connectivity index (χ0n) is 14.9. The van der Waals surface area contributed by atoms with E-state index in [1.807, 2.05) is 36.4 Å². The van der Waals surface area contributed by atoms with Crippen LogP contribution in [0.1, 0.15) is 5.56 Å². The molecule has 0 saturated carbocycles. The molecule has 0 spiro atoms. The number of rotatable bonds is 5. The Morgan fingerprint density at radius 1 is 0.929 bits per heavy atom. The maximum atomic E-state index is 12.1. The van der Waals surface area contributed by atoms with Gasteiger partial charge in [0.2, 0.25) is 0 Å². The lowest BCUT2D eigenvalue weighted by atomic mass is 9.97. The minimum Gasteiger partial charge on any atom is -0.484 e. The van der Waals surface area contributed by atoms with E-state index < -0.39 is 0 Å². The van der Waals surface area contributed by atoms with E-state index in [1.54, 1.807) is 18.3 Å². The number of fused-ring (bicyclic) bond motifs is 2. The van der Waals surface area contributed by atoms with E-state index in [0.717, 1.165) is 31.6 Å². The van der Waals surface area contributed by atoms with E-state index in [9.17, 15) is 4.79 Å². The van der Waals surface area contributed by atoms with Crippen LogP contribution in [0.4, 0.5) is 0 Å². The number of carbonyl (C=O) groups is 1. The first-order valence-corrected chi connectivity index (χ1v) is 9.61. The van der Waals surface area contributed by atoms with Crippen molar-refractivity contribution >= 4 is 49.6 Å². The normalized spacial score (nSPS) is 11.2. The number of benzene rings is 4. The molecule has 4 aromatic carbocycles. The minimum absolute atomic E-state index is 0.107. The molecular weight excluding hydrogens is 416 g/mol. The summed E-state index contributed by atoms with van der Waals surface area (Å²) < 4.78 is 6.37. The van der Waals surface area contributed by atoms with Gasteiger partial charge in [0.25, 0.3) is 5.91 Å². The third-order valence-electron chi connectivity index (χ3n) is 4.36. The Kier molecular flexibility index (Phi) is 5.35. The van der Waals surface area contributed by atoms with Crippen LogP contribution < -0.4 is 10.2 Å². The predicted molar refractivity (Wildman–Crippen MR) is 117 cm³/mol. The van der Waals surface area contributed by atoms with Crippen molar-refractivity contribution in [1.82, 2.24) is 5.43 Å². The molecule has 1 amide bonds. The second-order valence-corrected chi connectivity index (χ2v) is 7.19. The molecule has 0 atom stereocenters. The highest BCUT2D eigenvalue weighted by Crippen LogP contribution is 2.27. The highest BCUT2D eigenvalue weighted by atomic mass is 79.9. The van der Waals surface area contributed by atoms with Crippen molar-refractivity contribution in [2.75, 3.05) is 6.61 Å². The van der Waals surface area contributed by atoms with Crippen molar-refractivity contribution in [2.24, 2.45) is 5.10 Å². The van der Waals surface area contributed by atoms with Crippen LogP contribution in [0, 0.1) is 0 Å². The van der Waals surface area contributed by atoms with Gasteiger partial charge in [0.05, 0.1) is 6.21 Å². The monoisotopic (exact) mass is 432 g/mol. The Hall–Kier alpha value is -3.18. The lowest BCUT2D eigenvalue weighted by Gasteiger charge is -2.08. The molecule has 0 unspecified atom stereocenters. The summed E-state index contributed by atoms with van der Waals surface area (Å²) in [7, 11) is 0. The minimum atomic E-state index is -0.319. The van der Waals surface area contributed by atoms with Gasteiger partial charge in [0.15, 0.2) is 6.61 Å². The topological polar surface area (TPSA) is 50.7 Å². The Balaban J connectivity index is 1.52. The summed E-state index contributed by atoms with van der Waals surface area (Å²) >= 11 is 3.37. The average molecular weight is 433 g/mol. The molecule has 1 N–H and O–H groups in total. The van der Waals surface area contributed by atoms with Crippen LogP contribution in [-0.4, -0.2) is 18.7 Å². The van der Waals surface area contributed by atoms with Gasteiger partial charge in [-0.05, 0) is 45.8 Å². The Morgan fingerprint density at radius 2 is 1.61 bits per heavy atom. The number of nitrogens with zero attached hydrogens (tertiary/aromatic N) is 1. The van der Waals surface area contributed by atoms with Crippen LogP contribution in [0.25, 0.3) is 21.5 Å². The molecule has 0 aliphatic heterocycles.